The lowest BCUT2D eigenvalue weighted by molar-refractivity contribution is -0.142. The first-order chi connectivity index (χ1) is 8.18. The molecule has 1 saturated carbocycles. The molecule has 0 unspecified atom stereocenters. The summed E-state index contributed by atoms with van der Waals surface area (Å²) < 4.78 is 5.51. The molecule has 0 saturated heterocycles. The van der Waals surface area contributed by atoms with Crippen LogP contribution < -0.4 is 0 Å². The maximum atomic E-state index is 10.5. The van der Waals surface area contributed by atoms with Gasteiger partial charge in [-0.3, -0.25) is 0 Å². The molecule has 1 N–H and O–H groups in total. The molecule has 0 atom stereocenters. The van der Waals surface area contributed by atoms with E-state index < -0.39 is 5.60 Å². The molecule has 0 spiro atoms. The Bertz CT molecular complexity index is 367. The highest BCUT2D eigenvalue weighted by molar-refractivity contribution is 5.30. The Morgan fingerprint density at radius 3 is 2.76 bits per heavy atom. The second-order valence-electron chi connectivity index (χ2n) is 4.97. The van der Waals surface area contributed by atoms with E-state index in [-0.39, 0.29) is 6.10 Å². The monoisotopic (exact) mass is 234 g/mol. The molecular weight excluding hydrogens is 212 g/mol. The van der Waals surface area contributed by atoms with Gasteiger partial charge in [0, 0.05) is 19.4 Å². The van der Waals surface area contributed by atoms with Crippen molar-refractivity contribution in [1.82, 2.24) is 0 Å². The van der Waals surface area contributed by atoms with Gasteiger partial charge in [-0.2, -0.15) is 0 Å². The van der Waals surface area contributed by atoms with E-state index in [0.29, 0.717) is 0 Å². The molecule has 0 aromatic heterocycles. The number of aliphatic hydroxyl groups is 1. The average molecular weight is 234 g/mol. The predicted octanol–water partition coefficient (Wildman–Crippen LogP) is 3.03. The number of hydrogen-bond acceptors (Lipinski definition) is 2. The van der Waals surface area contributed by atoms with Gasteiger partial charge < -0.3 is 9.84 Å². The molecule has 1 aliphatic carbocycles. The highest BCUT2D eigenvalue weighted by Gasteiger charge is 2.44. The third-order valence-electron chi connectivity index (χ3n) is 3.54. The first kappa shape index (κ1) is 12.6. The van der Waals surface area contributed by atoms with Crippen LogP contribution in [0.4, 0.5) is 0 Å². The molecular formula is C15H22O2. The summed E-state index contributed by atoms with van der Waals surface area (Å²) in [7, 11) is 0. The molecule has 0 radical (unpaired) electrons. The topological polar surface area (TPSA) is 29.5 Å². The van der Waals surface area contributed by atoms with Crippen molar-refractivity contribution in [2.24, 2.45) is 0 Å². The summed E-state index contributed by atoms with van der Waals surface area (Å²) in [5.41, 5.74) is 1.72. The van der Waals surface area contributed by atoms with Gasteiger partial charge in [0.05, 0.1) is 11.7 Å². The van der Waals surface area contributed by atoms with E-state index >= 15 is 0 Å². The van der Waals surface area contributed by atoms with Crippen LogP contribution in [0.3, 0.4) is 0 Å². The zero-order valence-corrected chi connectivity index (χ0v) is 10.8. The lowest BCUT2D eigenvalue weighted by Gasteiger charge is -2.43. The molecule has 1 fully saturated rings. The van der Waals surface area contributed by atoms with E-state index in [1.165, 1.54) is 5.56 Å². The molecule has 0 heterocycles. The molecule has 1 aromatic rings. The molecule has 94 valence electrons. The van der Waals surface area contributed by atoms with Crippen LogP contribution >= 0.6 is 0 Å². The summed E-state index contributed by atoms with van der Waals surface area (Å²) in [4.78, 5) is 0. The Kier molecular flexibility index (Phi) is 3.85. The molecule has 17 heavy (non-hydrogen) atoms. The maximum absolute atomic E-state index is 10.5. The van der Waals surface area contributed by atoms with Crippen LogP contribution in [0.25, 0.3) is 0 Å². The molecule has 1 aromatic carbocycles. The number of benzene rings is 1. The highest BCUT2D eigenvalue weighted by atomic mass is 16.5. The van der Waals surface area contributed by atoms with Crippen LogP contribution in [0, 0.1) is 0 Å². The molecule has 0 bridgehead atoms. The van der Waals surface area contributed by atoms with Crippen molar-refractivity contribution in [2.75, 3.05) is 6.61 Å². The third kappa shape index (κ3) is 2.70. The second-order valence-corrected chi connectivity index (χ2v) is 4.97. The highest BCUT2D eigenvalue weighted by Crippen LogP contribution is 2.43. The van der Waals surface area contributed by atoms with Gasteiger partial charge >= 0.3 is 0 Å². The van der Waals surface area contributed by atoms with E-state index in [9.17, 15) is 5.11 Å². The van der Waals surface area contributed by atoms with Crippen LogP contribution in [0.2, 0.25) is 0 Å². The minimum atomic E-state index is -0.649. The number of rotatable bonds is 5. The number of hydrogen-bond donors (Lipinski definition) is 1. The molecule has 0 amide bonds. The molecule has 2 nitrogen and oxygen atoms in total. The Morgan fingerprint density at radius 2 is 2.12 bits per heavy atom. The predicted molar refractivity (Wildman–Crippen MR) is 69.0 cm³/mol. The summed E-state index contributed by atoms with van der Waals surface area (Å²) in [6.45, 7) is 4.91. The van der Waals surface area contributed by atoms with Gasteiger partial charge in [-0.1, -0.05) is 37.6 Å². The van der Waals surface area contributed by atoms with Crippen LogP contribution in [0.1, 0.15) is 44.2 Å². The second kappa shape index (κ2) is 5.19. The van der Waals surface area contributed by atoms with Gasteiger partial charge in [-0.15, -0.1) is 0 Å². The summed E-state index contributed by atoms with van der Waals surface area (Å²) in [5, 5.41) is 10.5. The summed E-state index contributed by atoms with van der Waals surface area (Å²) in [6, 6.07) is 8.36. The first-order valence-corrected chi connectivity index (χ1v) is 6.61. The maximum Gasteiger partial charge on any atom is 0.0946 e. The number of ether oxygens (including phenoxy) is 1. The van der Waals surface area contributed by atoms with E-state index in [2.05, 4.69) is 19.1 Å². The lowest BCUT2D eigenvalue weighted by Crippen LogP contribution is -2.45. The van der Waals surface area contributed by atoms with Crippen LogP contribution in [0.15, 0.2) is 24.3 Å². The van der Waals surface area contributed by atoms with Crippen molar-refractivity contribution in [3.05, 3.63) is 35.4 Å². The molecule has 2 heteroatoms. The van der Waals surface area contributed by atoms with Crippen molar-refractivity contribution in [2.45, 2.75) is 51.2 Å². The van der Waals surface area contributed by atoms with Crippen LogP contribution in [-0.2, 0) is 16.8 Å². The van der Waals surface area contributed by atoms with E-state index in [0.717, 1.165) is 37.9 Å². The van der Waals surface area contributed by atoms with Crippen LogP contribution in [0.5, 0.6) is 0 Å². The third-order valence-corrected chi connectivity index (χ3v) is 3.54. The van der Waals surface area contributed by atoms with Gasteiger partial charge in [-0.25, -0.2) is 0 Å². The fourth-order valence-corrected chi connectivity index (χ4v) is 2.59. The Labute approximate surface area is 104 Å². The fourth-order valence-electron chi connectivity index (χ4n) is 2.59. The minimum Gasteiger partial charge on any atom is -0.385 e. The summed E-state index contributed by atoms with van der Waals surface area (Å²) >= 11 is 0. The normalized spacial score (nSPS) is 27.8. The SMILES string of the molecule is CCCc1cccc(C2(O)CC(OCC)C2)c1. The quantitative estimate of drug-likeness (QED) is 0.848. The zero-order chi connectivity index (χ0) is 12.3. The van der Waals surface area contributed by atoms with Crippen molar-refractivity contribution in [3.8, 4) is 0 Å². The summed E-state index contributed by atoms with van der Waals surface area (Å²) in [5.74, 6) is 0. The first-order valence-electron chi connectivity index (χ1n) is 6.61. The van der Waals surface area contributed by atoms with E-state index in [1.54, 1.807) is 0 Å². The van der Waals surface area contributed by atoms with Gasteiger partial charge in [-0.05, 0) is 24.5 Å². The Balaban J connectivity index is 2.05. The number of aryl methyl sites for hydroxylation is 1. The van der Waals surface area contributed by atoms with Crippen LogP contribution in [-0.4, -0.2) is 17.8 Å². The Morgan fingerprint density at radius 1 is 1.35 bits per heavy atom. The van der Waals surface area contributed by atoms with Gasteiger partial charge in [0.25, 0.3) is 0 Å². The van der Waals surface area contributed by atoms with Crippen molar-refractivity contribution in [1.29, 1.82) is 0 Å². The van der Waals surface area contributed by atoms with Gasteiger partial charge in [0.2, 0.25) is 0 Å². The molecule has 0 aliphatic heterocycles. The van der Waals surface area contributed by atoms with Gasteiger partial charge in [0.15, 0.2) is 0 Å². The lowest BCUT2D eigenvalue weighted by atomic mass is 9.72. The fraction of sp³-hybridized carbons (Fsp3) is 0.600. The van der Waals surface area contributed by atoms with E-state index in [1.807, 2.05) is 19.1 Å². The minimum absolute atomic E-state index is 0.236. The average Bonchev–Trinajstić information content (AvgIpc) is 2.28. The Hall–Kier alpha value is -0.860. The smallest absolute Gasteiger partial charge is 0.0946 e. The summed E-state index contributed by atoms with van der Waals surface area (Å²) in [6.07, 6.45) is 3.93. The van der Waals surface area contributed by atoms with Crippen molar-refractivity contribution >= 4 is 0 Å². The molecule has 1 aliphatic rings. The standard InChI is InChI=1S/C15H22O2/c1-3-6-12-7-5-8-13(9-12)15(16)10-14(11-15)17-4-2/h5,7-9,14,16H,3-4,6,10-11H2,1-2H3. The van der Waals surface area contributed by atoms with E-state index in [4.69, 9.17) is 4.74 Å². The van der Waals surface area contributed by atoms with Crippen molar-refractivity contribution in [3.63, 3.8) is 0 Å². The molecule has 2 rings (SSSR count). The van der Waals surface area contributed by atoms with Gasteiger partial charge in [0.1, 0.15) is 0 Å². The largest absolute Gasteiger partial charge is 0.385 e. The van der Waals surface area contributed by atoms with Crippen molar-refractivity contribution < 1.29 is 9.84 Å². The zero-order valence-electron chi connectivity index (χ0n) is 10.8.